The number of ether oxygens (including phenoxy) is 2. The smallest absolute Gasteiger partial charge is 0.348 e. The molecule has 7 heteroatoms. The summed E-state index contributed by atoms with van der Waals surface area (Å²) < 4.78 is 12.9. The van der Waals surface area contributed by atoms with Crippen molar-refractivity contribution in [2.24, 2.45) is 17.8 Å². The topological polar surface area (TPSA) is 70.4 Å². The molecule has 0 radical (unpaired) electrons. The second-order valence-electron chi connectivity index (χ2n) is 9.09. The van der Waals surface area contributed by atoms with Gasteiger partial charge in [-0.05, 0) is 55.7 Å². The van der Waals surface area contributed by atoms with E-state index >= 15 is 0 Å². The average molecular weight is 455 g/mol. The van der Waals surface area contributed by atoms with Crippen molar-refractivity contribution in [2.75, 3.05) is 6.61 Å². The van der Waals surface area contributed by atoms with Crippen LogP contribution in [-0.4, -0.2) is 34.4 Å². The molecule has 1 aliphatic rings. The van der Waals surface area contributed by atoms with E-state index in [0.717, 1.165) is 40.9 Å². The van der Waals surface area contributed by atoms with E-state index in [2.05, 4.69) is 25.9 Å². The van der Waals surface area contributed by atoms with Crippen molar-refractivity contribution in [3.63, 3.8) is 0 Å². The van der Waals surface area contributed by atoms with Crippen LogP contribution in [0.15, 0.2) is 36.4 Å². The molecule has 0 bridgehead atoms. The maximum atomic E-state index is 12.6. The van der Waals surface area contributed by atoms with Gasteiger partial charge in [-0.25, -0.2) is 14.3 Å². The quantitative estimate of drug-likeness (QED) is 0.456. The highest BCUT2D eigenvalue weighted by atomic mass is 32.1. The number of benzene rings is 1. The van der Waals surface area contributed by atoms with E-state index in [1.807, 2.05) is 41.9 Å². The zero-order valence-corrected chi connectivity index (χ0v) is 19.9. The van der Waals surface area contributed by atoms with Gasteiger partial charge >= 0.3 is 11.9 Å². The van der Waals surface area contributed by atoms with Gasteiger partial charge in [0.15, 0.2) is 6.61 Å². The van der Waals surface area contributed by atoms with Gasteiger partial charge in [0.05, 0.1) is 11.4 Å². The number of para-hydroxylation sites is 1. The maximum absolute atomic E-state index is 12.6. The lowest BCUT2D eigenvalue weighted by Crippen LogP contribution is -2.36. The first-order valence-electron chi connectivity index (χ1n) is 11.2. The zero-order chi connectivity index (χ0) is 22.8. The number of carbonyl (C=O) groups is 2. The Morgan fingerprint density at radius 1 is 1.22 bits per heavy atom. The normalized spacial score (nSPS) is 21.1. The predicted molar refractivity (Wildman–Crippen MR) is 125 cm³/mol. The summed E-state index contributed by atoms with van der Waals surface area (Å²) in [5.74, 6) is 0.359. The number of carbonyl (C=O) groups excluding carboxylic acids is 2. The molecule has 2 heterocycles. The Kier molecular flexibility index (Phi) is 6.65. The minimum Gasteiger partial charge on any atom is -0.460 e. The minimum absolute atomic E-state index is 0.103. The van der Waals surface area contributed by atoms with Crippen LogP contribution >= 0.6 is 11.3 Å². The van der Waals surface area contributed by atoms with Crippen LogP contribution in [0.4, 0.5) is 0 Å². The third-order valence-corrected chi connectivity index (χ3v) is 7.40. The lowest BCUT2D eigenvalue weighted by molar-refractivity contribution is -0.159. The maximum Gasteiger partial charge on any atom is 0.348 e. The van der Waals surface area contributed by atoms with E-state index in [-0.39, 0.29) is 12.7 Å². The van der Waals surface area contributed by atoms with Crippen LogP contribution in [-0.2, 0) is 14.3 Å². The fourth-order valence-electron chi connectivity index (χ4n) is 4.54. The molecule has 3 atom stereocenters. The largest absolute Gasteiger partial charge is 0.460 e. The average Bonchev–Trinajstić information content (AvgIpc) is 3.33. The summed E-state index contributed by atoms with van der Waals surface area (Å²) in [6.45, 7) is 8.07. The molecule has 170 valence electrons. The van der Waals surface area contributed by atoms with Gasteiger partial charge in [-0.3, -0.25) is 0 Å². The van der Waals surface area contributed by atoms with Crippen molar-refractivity contribution in [1.82, 2.24) is 9.78 Å². The van der Waals surface area contributed by atoms with Gasteiger partial charge in [0.1, 0.15) is 15.8 Å². The number of aromatic nitrogens is 2. The Morgan fingerprint density at radius 2 is 1.97 bits per heavy atom. The van der Waals surface area contributed by atoms with Gasteiger partial charge in [0, 0.05) is 5.39 Å². The van der Waals surface area contributed by atoms with Gasteiger partial charge in [-0.2, -0.15) is 5.10 Å². The number of aryl methyl sites for hydroxylation is 1. The molecule has 0 amide bonds. The number of fused-ring (bicyclic) bond motifs is 1. The second kappa shape index (κ2) is 9.45. The first-order chi connectivity index (χ1) is 15.3. The lowest BCUT2D eigenvalue weighted by Gasteiger charge is -2.36. The van der Waals surface area contributed by atoms with Crippen LogP contribution in [0.3, 0.4) is 0 Å². The summed E-state index contributed by atoms with van der Waals surface area (Å²) in [6.07, 6.45) is 3.00. The molecule has 6 nitrogen and oxygen atoms in total. The van der Waals surface area contributed by atoms with Crippen LogP contribution in [0.1, 0.15) is 55.4 Å². The summed E-state index contributed by atoms with van der Waals surface area (Å²) in [5, 5.41) is 5.49. The van der Waals surface area contributed by atoms with E-state index in [9.17, 15) is 9.59 Å². The molecule has 1 saturated carbocycles. The van der Waals surface area contributed by atoms with Gasteiger partial charge < -0.3 is 9.47 Å². The molecule has 1 aliphatic carbocycles. The summed E-state index contributed by atoms with van der Waals surface area (Å²) >= 11 is 1.31. The molecular weight excluding hydrogens is 424 g/mol. The van der Waals surface area contributed by atoms with Crippen molar-refractivity contribution in [1.29, 1.82) is 0 Å². The van der Waals surface area contributed by atoms with Crippen LogP contribution < -0.4 is 0 Å². The molecule has 0 spiro atoms. The highest BCUT2D eigenvalue weighted by molar-refractivity contribution is 7.20. The number of thiophene rings is 1. The van der Waals surface area contributed by atoms with Crippen molar-refractivity contribution in [3.05, 3.63) is 47.0 Å². The first kappa shape index (κ1) is 22.5. The third-order valence-electron chi connectivity index (χ3n) is 6.31. The van der Waals surface area contributed by atoms with Gasteiger partial charge in [0.2, 0.25) is 0 Å². The highest BCUT2D eigenvalue weighted by Crippen LogP contribution is 2.35. The standard InChI is InChI=1S/C25H30N2O4S/c1-15(2)19-11-10-16(3)12-21(19)31-23(28)14-30-25(29)22-13-20-17(4)26-27(24(20)32-22)18-8-6-5-7-9-18/h5-9,13,15-16,19,21H,10-12,14H2,1-4H3. The van der Waals surface area contributed by atoms with Crippen molar-refractivity contribution in [2.45, 2.75) is 53.1 Å². The number of esters is 2. The van der Waals surface area contributed by atoms with Crippen molar-refractivity contribution < 1.29 is 19.1 Å². The molecule has 0 aliphatic heterocycles. The zero-order valence-electron chi connectivity index (χ0n) is 19.0. The Balaban J connectivity index is 1.41. The number of nitrogens with zero attached hydrogens (tertiary/aromatic N) is 2. The Morgan fingerprint density at radius 3 is 2.69 bits per heavy atom. The Labute approximate surface area is 192 Å². The summed E-state index contributed by atoms with van der Waals surface area (Å²) in [4.78, 5) is 26.4. The third kappa shape index (κ3) is 4.72. The van der Waals surface area contributed by atoms with Crippen LogP contribution in [0.5, 0.6) is 0 Å². The summed E-state index contributed by atoms with van der Waals surface area (Å²) in [6, 6.07) is 11.6. The van der Waals surface area contributed by atoms with E-state index < -0.39 is 11.9 Å². The van der Waals surface area contributed by atoms with Gasteiger partial charge in [-0.15, -0.1) is 11.3 Å². The highest BCUT2D eigenvalue weighted by Gasteiger charge is 2.33. The fraction of sp³-hybridized carbons (Fsp3) is 0.480. The molecule has 1 aromatic carbocycles. The van der Waals surface area contributed by atoms with Crippen LogP contribution in [0, 0.1) is 24.7 Å². The fourth-order valence-corrected chi connectivity index (χ4v) is 5.62. The number of hydrogen-bond donors (Lipinski definition) is 0. The van der Waals surface area contributed by atoms with Crippen LogP contribution in [0.25, 0.3) is 15.9 Å². The molecule has 4 rings (SSSR count). The second-order valence-corrected chi connectivity index (χ2v) is 10.1. The lowest BCUT2D eigenvalue weighted by atomic mass is 9.75. The first-order valence-corrected chi connectivity index (χ1v) is 12.1. The molecular formula is C25H30N2O4S. The molecule has 3 aromatic rings. The molecule has 0 N–H and O–H groups in total. The number of hydrogen-bond acceptors (Lipinski definition) is 6. The molecule has 2 aromatic heterocycles. The van der Waals surface area contributed by atoms with E-state index in [4.69, 9.17) is 9.47 Å². The Hall–Kier alpha value is -2.67. The minimum atomic E-state index is -0.514. The molecule has 32 heavy (non-hydrogen) atoms. The Bertz CT molecular complexity index is 1100. The van der Waals surface area contributed by atoms with Crippen molar-refractivity contribution in [3.8, 4) is 5.69 Å². The number of rotatable bonds is 6. The summed E-state index contributed by atoms with van der Waals surface area (Å²) in [5.41, 5.74) is 1.77. The van der Waals surface area contributed by atoms with Crippen molar-refractivity contribution >= 4 is 33.5 Å². The van der Waals surface area contributed by atoms with Gasteiger partial charge in [0.25, 0.3) is 0 Å². The SMILES string of the molecule is Cc1nn(-c2ccccc2)c2sc(C(=O)OCC(=O)OC3CC(C)CCC3C(C)C)cc12. The van der Waals surface area contributed by atoms with E-state index in [0.29, 0.717) is 22.6 Å². The van der Waals surface area contributed by atoms with Crippen LogP contribution in [0.2, 0.25) is 0 Å². The van der Waals surface area contributed by atoms with E-state index in [1.54, 1.807) is 6.07 Å². The molecule has 0 saturated heterocycles. The van der Waals surface area contributed by atoms with Gasteiger partial charge in [-0.1, -0.05) is 45.4 Å². The summed E-state index contributed by atoms with van der Waals surface area (Å²) in [7, 11) is 0. The monoisotopic (exact) mass is 454 g/mol. The van der Waals surface area contributed by atoms with E-state index in [1.165, 1.54) is 11.3 Å². The molecule has 3 unspecified atom stereocenters. The predicted octanol–water partition coefficient (Wildman–Crippen LogP) is 5.56. The molecule has 1 fully saturated rings.